The minimum absolute atomic E-state index is 0.281. The number of nitrogens with one attached hydrogen (secondary N) is 1. The molecule has 0 aliphatic heterocycles. The van der Waals surface area contributed by atoms with Gasteiger partial charge >= 0.3 is 0 Å². The minimum Gasteiger partial charge on any atom is -0.313 e. The molecule has 0 fully saturated rings. The Kier molecular flexibility index (Phi) is 5.07. The van der Waals surface area contributed by atoms with Gasteiger partial charge in [-0.1, -0.05) is 29.3 Å². The summed E-state index contributed by atoms with van der Waals surface area (Å²) in [6.45, 7) is 0. The van der Waals surface area contributed by atoms with Crippen molar-refractivity contribution < 1.29 is 0 Å². The van der Waals surface area contributed by atoms with Crippen LogP contribution in [0.25, 0.3) is 0 Å². The van der Waals surface area contributed by atoms with E-state index in [2.05, 4.69) is 22.8 Å². The second-order valence-electron chi connectivity index (χ2n) is 4.16. The van der Waals surface area contributed by atoms with Crippen LogP contribution in [0.1, 0.15) is 22.9 Å². The van der Waals surface area contributed by atoms with Gasteiger partial charge in [0.25, 0.3) is 0 Å². The van der Waals surface area contributed by atoms with Crippen molar-refractivity contribution in [2.45, 2.75) is 18.9 Å². The molecule has 0 aliphatic rings. The van der Waals surface area contributed by atoms with Gasteiger partial charge in [0.15, 0.2) is 0 Å². The maximum atomic E-state index is 6.04. The monoisotopic (exact) mass is 299 g/mol. The minimum atomic E-state index is 0.281. The standard InChI is InChI=1S/C14H15Cl2NS/c1-17-14(5-4-13-3-2-6-18-13)10-7-11(15)9-12(16)8-10/h2-3,6-9,14,17H,4-5H2,1H3. The predicted octanol–water partition coefficient (Wildman–Crippen LogP) is 4.95. The molecular formula is C14H15Cl2NS. The van der Waals surface area contributed by atoms with Crippen LogP contribution in [0.4, 0.5) is 0 Å². The molecule has 0 radical (unpaired) electrons. The molecule has 18 heavy (non-hydrogen) atoms. The highest BCUT2D eigenvalue weighted by Gasteiger charge is 2.11. The predicted molar refractivity (Wildman–Crippen MR) is 80.9 cm³/mol. The first-order valence-electron chi connectivity index (χ1n) is 5.84. The molecule has 1 heterocycles. The van der Waals surface area contributed by atoms with Crippen molar-refractivity contribution >= 4 is 34.5 Å². The van der Waals surface area contributed by atoms with Gasteiger partial charge < -0.3 is 5.32 Å². The topological polar surface area (TPSA) is 12.0 Å². The molecule has 2 rings (SSSR count). The molecule has 1 N–H and O–H groups in total. The number of thiophene rings is 1. The van der Waals surface area contributed by atoms with Gasteiger partial charge in [-0.3, -0.25) is 0 Å². The van der Waals surface area contributed by atoms with E-state index in [4.69, 9.17) is 23.2 Å². The molecule has 1 aromatic heterocycles. The molecular weight excluding hydrogens is 285 g/mol. The Balaban J connectivity index is 2.07. The summed E-state index contributed by atoms with van der Waals surface area (Å²) in [5, 5.41) is 6.81. The van der Waals surface area contributed by atoms with Crippen LogP contribution in [-0.4, -0.2) is 7.05 Å². The Bertz CT molecular complexity index is 476. The zero-order valence-corrected chi connectivity index (χ0v) is 12.4. The van der Waals surface area contributed by atoms with Gasteiger partial charge in [-0.2, -0.15) is 0 Å². The van der Waals surface area contributed by atoms with Crippen LogP contribution < -0.4 is 5.32 Å². The fourth-order valence-corrected chi connectivity index (χ4v) is 3.26. The molecule has 0 amide bonds. The number of benzene rings is 1. The van der Waals surface area contributed by atoms with E-state index in [9.17, 15) is 0 Å². The third kappa shape index (κ3) is 3.72. The van der Waals surface area contributed by atoms with E-state index in [1.54, 1.807) is 17.4 Å². The van der Waals surface area contributed by atoms with Gasteiger partial charge in [-0.15, -0.1) is 11.3 Å². The lowest BCUT2D eigenvalue weighted by Crippen LogP contribution is -2.17. The van der Waals surface area contributed by atoms with Crippen molar-refractivity contribution in [3.63, 3.8) is 0 Å². The average Bonchev–Trinajstić information content (AvgIpc) is 2.81. The first kappa shape index (κ1) is 13.9. The highest BCUT2D eigenvalue weighted by molar-refractivity contribution is 7.09. The average molecular weight is 300 g/mol. The maximum absolute atomic E-state index is 6.04. The summed E-state index contributed by atoms with van der Waals surface area (Å²) in [4.78, 5) is 1.41. The lowest BCUT2D eigenvalue weighted by molar-refractivity contribution is 0.551. The summed E-state index contributed by atoms with van der Waals surface area (Å²) in [5.74, 6) is 0. The Labute approximate surface area is 122 Å². The number of halogens is 2. The number of rotatable bonds is 5. The Morgan fingerprint density at radius 3 is 2.50 bits per heavy atom. The fourth-order valence-electron chi connectivity index (χ4n) is 2.00. The van der Waals surface area contributed by atoms with Crippen LogP contribution in [-0.2, 0) is 6.42 Å². The van der Waals surface area contributed by atoms with Crippen molar-refractivity contribution in [2.75, 3.05) is 7.05 Å². The van der Waals surface area contributed by atoms with Crippen molar-refractivity contribution in [1.29, 1.82) is 0 Å². The van der Waals surface area contributed by atoms with Crippen LogP contribution in [0.15, 0.2) is 35.7 Å². The number of hydrogen-bond acceptors (Lipinski definition) is 2. The molecule has 1 aromatic carbocycles. The number of aryl methyl sites for hydroxylation is 1. The third-order valence-corrected chi connectivity index (χ3v) is 4.27. The fraction of sp³-hybridized carbons (Fsp3) is 0.286. The Morgan fingerprint density at radius 2 is 1.94 bits per heavy atom. The maximum Gasteiger partial charge on any atom is 0.0424 e. The van der Waals surface area contributed by atoms with Gasteiger partial charge in [0.2, 0.25) is 0 Å². The zero-order valence-electron chi connectivity index (χ0n) is 10.1. The highest BCUT2D eigenvalue weighted by atomic mass is 35.5. The summed E-state index contributed by atoms with van der Waals surface area (Å²) in [6.07, 6.45) is 2.10. The van der Waals surface area contributed by atoms with E-state index in [0.717, 1.165) is 18.4 Å². The second kappa shape index (κ2) is 6.58. The van der Waals surface area contributed by atoms with E-state index in [-0.39, 0.29) is 6.04 Å². The zero-order chi connectivity index (χ0) is 13.0. The summed E-state index contributed by atoms with van der Waals surface area (Å²) in [5.41, 5.74) is 1.14. The lowest BCUT2D eigenvalue weighted by Gasteiger charge is -2.17. The quantitative estimate of drug-likeness (QED) is 0.824. The normalized spacial score (nSPS) is 12.6. The SMILES string of the molecule is CNC(CCc1cccs1)c1cc(Cl)cc(Cl)c1. The van der Waals surface area contributed by atoms with Crippen LogP contribution in [0.3, 0.4) is 0 Å². The molecule has 96 valence electrons. The number of hydrogen-bond donors (Lipinski definition) is 1. The molecule has 1 unspecified atom stereocenters. The highest BCUT2D eigenvalue weighted by Crippen LogP contribution is 2.26. The first-order chi connectivity index (χ1) is 8.69. The van der Waals surface area contributed by atoms with Crippen molar-refractivity contribution in [2.24, 2.45) is 0 Å². The first-order valence-corrected chi connectivity index (χ1v) is 7.48. The molecule has 0 bridgehead atoms. The van der Waals surface area contributed by atoms with E-state index >= 15 is 0 Å². The third-order valence-electron chi connectivity index (χ3n) is 2.90. The Hall–Kier alpha value is -0.540. The van der Waals surface area contributed by atoms with E-state index in [1.807, 2.05) is 19.2 Å². The van der Waals surface area contributed by atoms with Crippen molar-refractivity contribution in [1.82, 2.24) is 5.32 Å². The molecule has 2 aromatic rings. The largest absolute Gasteiger partial charge is 0.313 e. The van der Waals surface area contributed by atoms with Gasteiger partial charge in [-0.05, 0) is 55.1 Å². The van der Waals surface area contributed by atoms with Crippen LogP contribution >= 0.6 is 34.5 Å². The summed E-state index contributed by atoms with van der Waals surface area (Å²) in [6, 6.07) is 10.3. The Morgan fingerprint density at radius 1 is 1.22 bits per heavy atom. The van der Waals surface area contributed by atoms with Crippen molar-refractivity contribution in [3.05, 3.63) is 56.2 Å². The molecule has 0 saturated heterocycles. The summed E-state index contributed by atoms with van der Waals surface area (Å²) < 4.78 is 0. The smallest absolute Gasteiger partial charge is 0.0424 e. The van der Waals surface area contributed by atoms with Crippen LogP contribution in [0.5, 0.6) is 0 Å². The molecule has 0 saturated carbocycles. The van der Waals surface area contributed by atoms with Gasteiger partial charge in [-0.25, -0.2) is 0 Å². The van der Waals surface area contributed by atoms with E-state index < -0.39 is 0 Å². The van der Waals surface area contributed by atoms with E-state index in [0.29, 0.717) is 10.0 Å². The summed E-state index contributed by atoms with van der Waals surface area (Å²) >= 11 is 13.9. The summed E-state index contributed by atoms with van der Waals surface area (Å²) in [7, 11) is 1.97. The van der Waals surface area contributed by atoms with E-state index in [1.165, 1.54) is 4.88 Å². The van der Waals surface area contributed by atoms with Gasteiger partial charge in [0.1, 0.15) is 0 Å². The molecule has 1 atom stereocenters. The molecule has 4 heteroatoms. The molecule has 1 nitrogen and oxygen atoms in total. The molecule has 0 spiro atoms. The second-order valence-corrected chi connectivity index (χ2v) is 6.07. The molecule has 0 aliphatic carbocycles. The van der Waals surface area contributed by atoms with Crippen LogP contribution in [0.2, 0.25) is 10.0 Å². The lowest BCUT2D eigenvalue weighted by atomic mass is 10.0. The van der Waals surface area contributed by atoms with Crippen LogP contribution in [0, 0.1) is 0 Å². The van der Waals surface area contributed by atoms with Gasteiger partial charge in [0.05, 0.1) is 0 Å². The van der Waals surface area contributed by atoms with Crippen molar-refractivity contribution in [3.8, 4) is 0 Å². The van der Waals surface area contributed by atoms with Gasteiger partial charge in [0, 0.05) is 21.0 Å².